The monoisotopic (exact) mass is 391 g/mol. The third-order valence-electron chi connectivity index (χ3n) is 5.70. The van der Waals surface area contributed by atoms with Crippen molar-refractivity contribution in [2.45, 2.75) is 51.6 Å². The zero-order chi connectivity index (χ0) is 19.1. The van der Waals surface area contributed by atoms with E-state index < -0.39 is 11.6 Å². The van der Waals surface area contributed by atoms with Crippen molar-refractivity contribution < 1.29 is 18.7 Å². The number of aryl methyl sites for hydroxylation is 1. The fourth-order valence-corrected chi connectivity index (χ4v) is 4.43. The van der Waals surface area contributed by atoms with Crippen molar-refractivity contribution in [3.8, 4) is 5.75 Å². The van der Waals surface area contributed by atoms with Crippen LogP contribution in [0.4, 0.5) is 0 Å². The van der Waals surface area contributed by atoms with Crippen LogP contribution in [0.5, 0.6) is 5.75 Å². The number of halogens is 1. The van der Waals surface area contributed by atoms with Crippen molar-refractivity contribution in [1.29, 1.82) is 0 Å². The van der Waals surface area contributed by atoms with Crippen LogP contribution in [0.3, 0.4) is 0 Å². The number of carbonyl (C=O) groups excluding carboxylic acids is 1. The minimum Gasteiger partial charge on any atom is -0.476 e. The van der Waals surface area contributed by atoms with Crippen LogP contribution in [0.2, 0.25) is 5.02 Å². The van der Waals surface area contributed by atoms with E-state index in [0.717, 1.165) is 23.8 Å². The molecule has 0 atom stereocenters. The lowest BCUT2D eigenvalue weighted by Crippen LogP contribution is -2.39. The lowest BCUT2D eigenvalue weighted by molar-refractivity contribution is -0.139. The summed E-state index contributed by atoms with van der Waals surface area (Å²) >= 11 is 6.47. The average Bonchev–Trinajstić information content (AvgIpc) is 3.20. The van der Waals surface area contributed by atoms with Gasteiger partial charge >= 0.3 is 11.6 Å². The van der Waals surface area contributed by atoms with Gasteiger partial charge in [-0.25, -0.2) is 4.79 Å². The third-order valence-corrected chi connectivity index (χ3v) is 5.99. The Morgan fingerprint density at radius 2 is 2.11 bits per heavy atom. The zero-order valence-corrected chi connectivity index (χ0v) is 16.2. The maximum absolute atomic E-state index is 12.6. The number of hydrogen-bond donors (Lipinski definition) is 0. The lowest BCUT2D eigenvalue weighted by atomic mass is 10.00. The van der Waals surface area contributed by atoms with Crippen LogP contribution in [0.15, 0.2) is 15.3 Å². The second-order valence-electron chi connectivity index (χ2n) is 7.25. The summed E-state index contributed by atoms with van der Waals surface area (Å²) in [6.45, 7) is 2.93. The predicted molar refractivity (Wildman–Crippen MR) is 101 cm³/mol. The summed E-state index contributed by atoms with van der Waals surface area (Å²) in [5.41, 5.74) is 1.77. The van der Waals surface area contributed by atoms with Crippen molar-refractivity contribution >= 4 is 28.5 Å². The van der Waals surface area contributed by atoms with E-state index in [0.29, 0.717) is 46.8 Å². The first kappa shape index (κ1) is 18.3. The molecule has 1 fully saturated rings. The van der Waals surface area contributed by atoms with Crippen LogP contribution < -0.4 is 10.4 Å². The molecule has 0 N–H and O–H groups in total. The van der Waals surface area contributed by atoms with Crippen molar-refractivity contribution in [3.63, 3.8) is 0 Å². The van der Waals surface area contributed by atoms with Crippen LogP contribution in [0, 0.1) is 6.92 Å². The van der Waals surface area contributed by atoms with E-state index in [-0.39, 0.29) is 6.42 Å². The minimum absolute atomic E-state index is 0.125. The Balaban J connectivity index is 1.83. The van der Waals surface area contributed by atoms with E-state index in [4.69, 9.17) is 20.8 Å². The van der Waals surface area contributed by atoms with Crippen molar-refractivity contribution in [2.24, 2.45) is 0 Å². The molecule has 144 valence electrons. The third kappa shape index (κ3) is 3.21. The first-order chi connectivity index (χ1) is 13.0. The Morgan fingerprint density at radius 1 is 1.37 bits per heavy atom. The fourth-order valence-electron chi connectivity index (χ4n) is 4.15. The van der Waals surface area contributed by atoms with E-state index in [1.807, 2.05) is 0 Å². The molecule has 2 heterocycles. The topological polar surface area (TPSA) is 69.0 Å². The summed E-state index contributed by atoms with van der Waals surface area (Å²) in [5.74, 6) is 0.103. The number of hydrogen-bond acceptors (Lipinski definition) is 6. The van der Waals surface area contributed by atoms with Gasteiger partial charge in [-0.2, -0.15) is 0 Å². The van der Waals surface area contributed by atoms with Crippen LogP contribution in [0.25, 0.3) is 11.0 Å². The molecule has 1 aliphatic carbocycles. The lowest BCUT2D eigenvalue weighted by Gasteiger charge is -2.34. The Hall–Kier alpha value is -2.05. The highest BCUT2D eigenvalue weighted by Gasteiger charge is 2.31. The van der Waals surface area contributed by atoms with Crippen LogP contribution >= 0.6 is 11.6 Å². The second-order valence-corrected chi connectivity index (χ2v) is 7.65. The summed E-state index contributed by atoms with van der Waals surface area (Å²) in [6.07, 6.45) is 4.65. The van der Waals surface area contributed by atoms with Gasteiger partial charge in [0.1, 0.15) is 18.1 Å². The molecule has 4 rings (SSSR count). The van der Waals surface area contributed by atoms with Gasteiger partial charge < -0.3 is 13.9 Å². The van der Waals surface area contributed by atoms with Gasteiger partial charge in [0.25, 0.3) is 0 Å². The Kier molecular flexibility index (Phi) is 4.86. The van der Waals surface area contributed by atoms with E-state index in [9.17, 15) is 9.59 Å². The molecule has 1 aromatic heterocycles. The Morgan fingerprint density at radius 3 is 2.81 bits per heavy atom. The van der Waals surface area contributed by atoms with Crippen LogP contribution in [-0.4, -0.2) is 30.8 Å². The maximum atomic E-state index is 12.6. The molecule has 0 radical (unpaired) electrons. The zero-order valence-electron chi connectivity index (χ0n) is 15.5. The van der Waals surface area contributed by atoms with Gasteiger partial charge in [-0.3, -0.25) is 9.69 Å². The molecule has 2 aromatic rings. The van der Waals surface area contributed by atoms with E-state index in [1.54, 1.807) is 13.0 Å². The molecule has 7 heteroatoms. The Labute approximate surface area is 162 Å². The standard InChI is InChI=1S/C20H22ClNO5/c1-11-13-7-16(21)19-15(9-22(10-26-19)12-5-3-4-6-12)18(13)27-20(24)14(11)8-17(23)25-2/h7,12H,3-6,8-10H2,1-2H3. The van der Waals surface area contributed by atoms with Gasteiger partial charge in [0.2, 0.25) is 0 Å². The van der Waals surface area contributed by atoms with Gasteiger partial charge in [-0.1, -0.05) is 24.4 Å². The molecule has 0 unspecified atom stereocenters. The van der Waals surface area contributed by atoms with Gasteiger partial charge in [0.15, 0.2) is 0 Å². The second kappa shape index (κ2) is 7.17. The molecule has 27 heavy (non-hydrogen) atoms. The van der Waals surface area contributed by atoms with Crippen molar-refractivity contribution in [1.82, 2.24) is 4.90 Å². The first-order valence-electron chi connectivity index (χ1n) is 9.21. The Bertz CT molecular complexity index is 961. The van der Waals surface area contributed by atoms with Gasteiger partial charge in [0.05, 0.1) is 29.7 Å². The summed E-state index contributed by atoms with van der Waals surface area (Å²) < 4.78 is 16.3. The molecule has 1 saturated carbocycles. The van der Waals surface area contributed by atoms with E-state index in [1.165, 1.54) is 20.0 Å². The maximum Gasteiger partial charge on any atom is 0.340 e. The average molecular weight is 392 g/mol. The van der Waals surface area contributed by atoms with Crippen LogP contribution in [-0.2, 0) is 22.5 Å². The molecular weight excluding hydrogens is 370 g/mol. The first-order valence-corrected chi connectivity index (χ1v) is 9.58. The number of methoxy groups -OCH3 is 1. The molecule has 0 amide bonds. The summed E-state index contributed by atoms with van der Waals surface area (Å²) in [5, 5.41) is 1.22. The molecule has 6 nitrogen and oxygen atoms in total. The van der Waals surface area contributed by atoms with Gasteiger partial charge in [-0.15, -0.1) is 0 Å². The highest BCUT2D eigenvalue weighted by molar-refractivity contribution is 6.33. The molecule has 0 spiro atoms. The molecule has 2 aliphatic rings. The number of rotatable bonds is 3. The smallest absolute Gasteiger partial charge is 0.340 e. The number of fused-ring (bicyclic) bond motifs is 3. The number of carbonyl (C=O) groups is 1. The SMILES string of the molecule is COC(=O)Cc1c(C)c2cc(Cl)c3c(c2oc1=O)CN(C1CCCC1)CO3. The number of benzene rings is 1. The molecule has 0 bridgehead atoms. The highest BCUT2D eigenvalue weighted by atomic mass is 35.5. The van der Waals surface area contributed by atoms with E-state index >= 15 is 0 Å². The van der Waals surface area contributed by atoms with E-state index in [2.05, 4.69) is 9.64 Å². The summed E-state index contributed by atoms with van der Waals surface area (Å²) in [7, 11) is 1.29. The molecule has 0 saturated heterocycles. The van der Waals surface area contributed by atoms with Gasteiger partial charge in [0, 0.05) is 18.0 Å². The minimum atomic E-state index is -0.520. The molecular formula is C20H22ClNO5. The fraction of sp³-hybridized carbons (Fsp3) is 0.500. The van der Waals surface area contributed by atoms with Gasteiger partial charge in [-0.05, 0) is 31.4 Å². The normalized spacial score (nSPS) is 17.7. The number of ether oxygens (including phenoxy) is 2. The summed E-state index contributed by atoms with van der Waals surface area (Å²) in [4.78, 5) is 26.5. The van der Waals surface area contributed by atoms with Crippen molar-refractivity contribution in [2.75, 3.05) is 13.8 Å². The predicted octanol–water partition coefficient (Wildman–Crippen LogP) is 3.56. The largest absolute Gasteiger partial charge is 0.476 e. The number of esters is 1. The molecule has 1 aromatic carbocycles. The summed E-state index contributed by atoms with van der Waals surface area (Å²) in [6, 6.07) is 2.23. The molecule has 1 aliphatic heterocycles. The highest BCUT2D eigenvalue weighted by Crippen LogP contribution is 2.41. The van der Waals surface area contributed by atoms with Crippen LogP contribution in [0.1, 0.15) is 42.4 Å². The number of nitrogens with zero attached hydrogens (tertiary/aromatic N) is 1. The quantitative estimate of drug-likeness (QED) is 0.588. The van der Waals surface area contributed by atoms with Crippen molar-refractivity contribution in [3.05, 3.63) is 38.2 Å².